The minimum Gasteiger partial charge on any atom is -0.348 e. The highest BCUT2D eigenvalue weighted by molar-refractivity contribution is 6.06. The number of aromatic nitrogens is 3. The molecule has 1 aromatic carbocycles. The monoisotopic (exact) mass is 420 g/mol. The zero-order chi connectivity index (χ0) is 21.4. The highest BCUT2D eigenvalue weighted by Crippen LogP contribution is 2.31. The Labute approximate surface area is 182 Å². The van der Waals surface area contributed by atoms with Crippen LogP contribution in [0.1, 0.15) is 49.5 Å². The first-order chi connectivity index (χ1) is 15.1. The number of pyridine rings is 1. The Morgan fingerprint density at radius 1 is 1.13 bits per heavy atom. The van der Waals surface area contributed by atoms with Crippen molar-refractivity contribution in [3.8, 4) is 11.3 Å². The highest BCUT2D eigenvalue weighted by atomic mass is 16.7. The van der Waals surface area contributed by atoms with Crippen molar-refractivity contribution < 1.29 is 14.3 Å². The molecule has 4 heterocycles. The maximum Gasteiger partial charge on any atom is 0.255 e. The first-order valence-electron chi connectivity index (χ1n) is 11.1. The van der Waals surface area contributed by atoms with Crippen LogP contribution in [0.25, 0.3) is 22.3 Å². The molecule has 0 bridgehead atoms. The van der Waals surface area contributed by atoms with Crippen LogP contribution in [0.2, 0.25) is 0 Å². The number of hydrogen-bond donors (Lipinski definition) is 0. The molecular weight excluding hydrogens is 392 g/mol. The maximum absolute atomic E-state index is 13.9. The van der Waals surface area contributed by atoms with Crippen molar-refractivity contribution in [2.75, 3.05) is 19.8 Å². The third kappa shape index (κ3) is 3.72. The summed E-state index contributed by atoms with van der Waals surface area (Å²) < 4.78 is 13.4. The number of benzene rings is 1. The molecule has 2 saturated heterocycles. The second-order valence-corrected chi connectivity index (χ2v) is 8.51. The van der Waals surface area contributed by atoms with Gasteiger partial charge in [-0.15, -0.1) is 0 Å². The third-order valence-electron chi connectivity index (χ3n) is 6.13. The first kappa shape index (κ1) is 20.2. The van der Waals surface area contributed by atoms with E-state index in [-0.39, 0.29) is 24.3 Å². The Morgan fingerprint density at radius 3 is 2.65 bits per heavy atom. The van der Waals surface area contributed by atoms with Gasteiger partial charge in [0.05, 0.1) is 42.1 Å². The molecule has 0 aliphatic carbocycles. The van der Waals surface area contributed by atoms with Crippen molar-refractivity contribution in [2.45, 2.75) is 51.5 Å². The molecule has 1 amide bonds. The summed E-state index contributed by atoms with van der Waals surface area (Å²) in [5.41, 5.74) is 3.13. The smallest absolute Gasteiger partial charge is 0.255 e. The quantitative estimate of drug-likeness (QED) is 0.637. The van der Waals surface area contributed by atoms with Crippen LogP contribution < -0.4 is 0 Å². The van der Waals surface area contributed by atoms with Crippen LogP contribution in [0.3, 0.4) is 0 Å². The Kier molecular flexibility index (Phi) is 5.46. The van der Waals surface area contributed by atoms with Gasteiger partial charge in [-0.05, 0) is 39.2 Å². The summed E-state index contributed by atoms with van der Waals surface area (Å²) in [5.74, 6) is -0.00307. The fourth-order valence-corrected chi connectivity index (χ4v) is 4.58. The fraction of sp³-hybridized carbons (Fsp3) is 0.458. The van der Waals surface area contributed by atoms with Gasteiger partial charge < -0.3 is 14.4 Å². The second-order valence-electron chi connectivity index (χ2n) is 8.51. The first-order valence-corrected chi connectivity index (χ1v) is 11.1. The van der Waals surface area contributed by atoms with Crippen molar-refractivity contribution in [3.05, 3.63) is 48.2 Å². The van der Waals surface area contributed by atoms with Gasteiger partial charge in [-0.3, -0.25) is 4.79 Å². The minimum absolute atomic E-state index is 0.00307. The molecule has 3 aromatic rings. The molecule has 162 valence electrons. The highest BCUT2D eigenvalue weighted by Gasteiger charge is 2.37. The van der Waals surface area contributed by atoms with Crippen molar-refractivity contribution in [3.63, 3.8) is 0 Å². The summed E-state index contributed by atoms with van der Waals surface area (Å²) in [6, 6.07) is 12.0. The molecule has 2 fully saturated rings. The Bertz CT molecular complexity index is 1070. The molecule has 31 heavy (non-hydrogen) atoms. The zero-order valence-corrected chi connectivity index (χ0v) is 18.0. The number of amides is 1. The van der Waals surface area contributed by atoms with Gasteiger partial charge in [-0.2, -0.15) is 5.10 Å². The van der Waals surface area contributed by atoms with E-state index in [9.17, 15) is 4.79 Å². The standard InChI is InChI=1S/C24H28N4O3/c1-16(2)28-22-19(15-25-28)18(14-20(26-22)17-8-4-3-5-9-17)23(29)27-11-7-6-10-21(27)24-30-12-13-31-24/h3-5,8-9,14-16,21,24H,6-7,10-13H2,1-2H3. The zero-order valence-electron chi connectivity index (χ0n) is 18.0. The predicted molar refractivity (Wildman–Crippen MR) is 118 cm³/mol. The molecule has 7 heteroatoms. The van der Waals surface area contributed by atoms with E-state index in [0.29, 0.717) is 25.3 Å². The Balaban J connectivity index is 1.61. The summed E-state index contributed by atoms with van der Waals surface area (Å²) >= 11 is 0. The van der Waals surface area contributed by atoms with Gasteiger partial charge in [-0.25, -0.2) is 9.67 Å². The third-order valence-corrected chi connectivity index (χ3v) is 6.13. The van der Waals surface area contributed by atoms with Crippen LogP contribution in [-0.2, 0) is 9.47 Å². The summed E-state index contributed by atoms with van der Waals surface area (Å²) in [4.78, 5) is 20.7. The lowest BCUT2D eigenvalue weighted by atomic mass is 9.99. The van der Waals surface area contributed by atoms with E-state index in [1.165, 1.54) is 0 Å². The molecule has 0 spiro atoms. The topological polar surface area (TPSA) is 69.5 Å². The van der Waals surface area contributed by atoms with Gasteiger partial charge in [0.15, 0.2) is 11.9 Å². The Morgan fingerprint density at radius 2 is 1.90 bits per heavy atom. The van der Waals surface area contributed by atoms with Crippen LogP contribution >= 0.6 is 0 Å². The van der Waals surface area contributed by atoms with Crippen LogP contribution in [-0.4, -0.2) is 57.7 Å². The number of carbonyl (C=O) groups is 1. The number of likely N-dealkylation sites (tertiary alicyclic amines) is 1. The molecule has 1 unspecified atom stereocenters. The van der Waals surface area contributed by atoms with Crippen molar-refractivity contribution in [1.29, 1.82) is 0 Å². The van der Waals surface area contributed by atoms with Gasteiger partial charge in [0.1, 0.15) is 0 Å². The van der Waals surface area contributed by atoms with E-state index >= 15 is 0 Å². The summed E-state index contributed by atoms with van der Waals surface area (Å²) in [6.07, 6.45) is 4.38. The van der Waals surface area contributed by atoms with E-state index < -0.39 is 0 Å². The summed E-state index contributed by atoms with van der Waals surface area (Å²) in [6.45, 7) is 6.01. The Hall–Kier alpha value is -2.77. The van der Waals surface area contributed by atoms with E-state index in [0.717, 1.165) is 41.6 Å². The van der Waals surface area contributed by atoms with E-state index in [1.807, 2.05) is 46.0 Å². The van der Waals surface area contributed by atoms with Gasteiger partial charge in [-0.1, -0.05) is 30.3 Å². The van der Waals surface area contributed by atoms with E-state index in [1.54, 1.807) is 6.20 Å². The average Bonchev–Trinajstić information content (AvgIpc) is 3.49. The molecule has 0 saturated carbocycles. The number of hydrogen-bond acceptors (Lipinski definition) is 5. The lowest BCUT2D eigenvalue weighted by Crippen LogP contribution is -2.50. The lowest BCUT2D eigenvalue weighted by Gasteiger charge is -2.38. The van der Waals surface area contributed by atoms with Gasteiger partial charge in [0.25, 0.3) is 5.91 Å². The van der Waals surface area contributed by atoms with Crippen LogP contribution in [0.5, 0.6) is 0 Å². The SMILES string of the molecule is CC(C)n1ncc2c(C(=O)N3CCCCC3C3OCCO3)cc(-c3ccccc3)nc21. The van der Waals surface area contributed by atoms with E-state index in [2.05, 4.69) is 18.9 Å². The molecular formula is C24H28N4O3. The normalized spacial score (nSPS) is 20.1. The lowest BCUT2D eigenvalue weighted by molar-refractivity contribution is -0.100. The van der Waals surface area contributed by atoms with Crippen molar-refractivity contribution >= 4 is 16.9 Å². The fourth-order valence-electron chi connectivity index (χ4n) is 4.58. The van der Waals surface area contributed by atoms with Crippen molar-refractivity contribution in [1.82, 2.24) is 19.7 Å². The molecule has 5 rings (SSSR count). The molecule has 0 radical (unpaired) electrons. The van der Waals surface area contributed by atoms with Gasteiger partial charge >= 0.3 is 0 Å². The number of carbonyl (C=O) groups excluding carboxylic acids is 1. The van der Waals surface area contributed by atoms with E-state index in [4.69, 9.17) is 14.5 Å². The second kappa shape index (κ2) is 8.40. The molecule has 1 atom stereocenters. The average molecular weight is 421 g/mol. The summed E-state index contributed by atoms with van der Waals surface area (Å²) in [7, 11) is 0. The van der Waals surface area contributed by atoms with Crippen LogP contribution in [0.15, 0.2) is 42.6 Å². The van der Waals surface area contributed by atoms with Crippen LogP contribution in [0.4, 0.5) is 0 Å². The number of fused-ring (bicyclic) bond motifs is 1. The molecule has 2 aliphatic rings. The number of piperidine rings is 1. The maximum atomic E-state index is 13.9. The molecule has 0 N–H and O–H groups in total. The summed E-state index contributed by atoms with van der Waals surface area (Å²) in [5, 5.41) is 5.34. The minimum atomic E-state index is -0.339. The molecule has 2 aromatic heterocycles. The largest absolute Gasteiger partial charge is 0.348 e. The number of nitrogens with zero attached hydrogens (tertiary/aromatic N) is 4. The van der Waals surface area contributed by atoms with Gasteiger partial charge in [0.2, 0.25) is 0 Å². The van der Waals surface area contributed by atoms with Crippen molar-refractivity contribution in [2.24, 2.45) is 0 Å². The molecule has 2 aliphatic heterocycles. The predicted octanol–water partition coefficient (Wildman–Crippen LogP) is 4.05. The van der Waals surface area contributed by atoms with Gasteiger partial charge in [0, 0.05) is 18.2 Å². The molecule has 7 nitrogen and oxygen atoms in total. The number of rotatable bonds is 4. The number of ether oxygens (including phenoxy) is 2. The van der Waals surface area contributed by atoms with Crippen LogP contribution in [0, 0.1) is 0 Å².